The molecule has 4 heterocycles. The number of nitrogens with one attached hydrogen (secondary N) is 2. The summed E-state index contributed by atoms with van der Waals surface area (Å²) in [6.45, 7) is 4.92. The Bertz CT molecular complexity index is 1120. The molecule has 0 aliphatic carbocycles. The molecule has 10 nitrogen and oxygen atoms in total. The average molecular weight is 429 g/mol. The van der Waals surface area contributed by atoms with Crippen LogP contribution in [0.5, 0.6) is 5.88 Å². The zero-order valence-electron chi connectivity index (χ0n) is 17.5. The first-order chi connectivity index (χ1) is 14.9. The monoisotopic (exact) mass is 429 g/mol. The second-order valence-electron chi connectivity index (χ2n) is 7.37. The molecule has 2 atom stereocenters. The molecule has 0 radical (unpaired) electrons. The van der Waals surface area contributed by atoms with Gasteiger partial charge in [-0.2, -0.15) is 4.98 Å². The quantitative estimate of drug-likeness (QED) is 0.531. The summed E-state index contributed by atoms with van der Waals surface area (Å²) in [5, 5.41) is 15.9. The van der Waals surface area contributed by atoms with Crippen LogP contribution in [0.2, 0.25) is 0 Å². The molecule has 0 unspecified atom stereocenters. The van der Waals surface area contributed by atoms with Crippen molar-refractivity contribution in [2.75, 3.05) is 37.0 Å². The van der Waals surface area contributed by atoms with Crippen molar-refractivity contribution in [2.45, 2.75) is 26.0 Å². The fraction of sp³-hybridized carbons (Fsp3) is 0.400. The van der Waals surface area contributed by atoms with E-state index in [0.29, 0.717) is 31.3 Å². The van der Waals surface area contributed by atoms with E-state index in [2.05, 4.69) is 25.6 Å². The molecule has 31 heavy (non-hydrogen) atoms. The minimum absolute atomic E-state index is 0.109. The highest BCUT2D eigenvalue weighted by atomic mass is 19.1. The van der Waals surface area contributed by atoms with Gasteiger partial charge in [0.2, 0.25) is 11.8 Å². The van der Waals surface area contributed by atoms with E-state index in [9.17, 15) is 14.3 Å². The first-order valence-corrected chi connectivity index (χ1v) is 9.95. The Balaban J connectivity index is 1.60. The lowest BCUT2D eigenvalue weighted by Gasteiger charge is -2.26. The number of amides is 1. The molecule has 1 saturated heterocycles. The summed E-state index contributed by atoms with van der Waals surface area (Å²) >= 11 is 0. The van der Waals surface area contributed by atoms with Gasteiger partial charge in [0.15, 0.2) is 11.5 Å². The van der Waals surface area contributed by atoms with Crippen LogP contribution >= 0.6 is 0 Å². The summed E-state index contributed by atoms with van der Waals surface area (Å²) < 4.78 is 21.4. The van der Waals surface area contributed by atoms with Gasteiger partial charge in [0.1, 0.15) is 5.56 Å². The average Bonchev–Trinajstić information content (AvgIpc) is 3.32. The van der Waals surface area contributed by atoms with E-state index < -0.39 is 17.8 Å². The van der Waals surface area contributed by atoms with Crippen molar-refractivity contribution >= 4 is 23.2 Å². The molecule has 164 valence electrons. The molecule has 1 fully saturated rings. The number of aryl methyl sites for hydroxylation is 1. The maximum atomic E-state index is 14.3. The van der Waals surface area contributed by atoms with Crippen molar-refractivity contribution in [1.29, 1.82) is 0 Å². The van der Waals surface area contributed by atoms with Gasteiger partial charge in [0, 0.05) is 44.8 Å². The Morgan fingerprint density at radius 1 is 1.42 bits per heavy atom. The standard InChI is InChI=1S/C20H24FN7O3/c1-4-31-19-13(6-23-20(26-19)27(3)15-7-22-8-16(15)29)18(30)25-12-5-14(21)17-24-11(2)9-28(17)10-12/h5-6,9-10,15-16,22,29H,4,7-8H2,1-3H3,(H,25,30)/t15-,16-/m1/s1. The summed E-state index contributed by atoms with van der Waals surface area (Å²) in [7, 11) is 1.77. The molecule has 1 aliphatic rings. The number of rotatable bonds is 6. The molecule has 0 aromatic carbocycles. The second-order valence-corrected chi connectivity index (χ2v) is 7.37. The zero-order chi connectivity index (χ0) is 22.1. The van der Waals surface area contributed by atoms with Crippen molar-refractivity contribution in [3.63, 3.8) is 0 Å². The number of aliphatic hydroxyl groups excluding tert-OH is 1. The molecule has 3 N–H and O–H groups in total. The van der Waals surface area contributed by atoms with Gasteiger partial charge in [-0.1, -0.05) is 0 Å². The first-order valence-electron chi connectivity index (χ1n) is 9.95. The highest BCUT2D eigenvalue weighted by Gasteiger charge is 2.30. The van der Waals surface area contributed by atoms with E-state index in [-0.39, 0.29) is 28.8 Å². The van der Waals surface area contributed by atoms with Crippen LogP contribution in [0.25, 0.3) is 5.65 Å². The summed E-state index contributed by atoms with van der Waals surface area (Å²) in [5.41, 5.74) is 1.23. The van der Waals surface area contributed by atoms with E-state index >= 15 is 0 Å². The zero-order valence-corrected chi connectivity index (χ0v) is 17.5. The number of nitrogens with zero attached hydrogens (tertiary/aromatic N) is 5. The summed E-state index contributed by atoms with van der Waals surface area (Å²) in [6.07, 6.45) is 4.06. The number of ether oxygens (including phenoxy) is 1. The smallest absolute Gasteiger partial charge is 0.262 e. The molecule has 1 amide bonds. The maximum Gasteiger partial charge on any atom is 0.262 e. The minimum Gasteiger partial charge on any atom is -0.477 e. The number of aliphatic hydroxyl groups is 1. The number of pyridine rings is 1. The van der Waals surface area contributed by atoms with Crippen LogP contribution in [0.1, 0.15) is 23.0 Å². The van der Waals surface area contributed by atoms with Gasteiger partial charge >= 0.3 is 0 Å². The van der Waals surface area contributed by atoms with Gasteiger partial charge in [-0.05, 0) is 13.8 Å². The van der Waals surface area contributed by atoms with Crippen LogP contribution in [0.15, 0.2) is 24.7 Å². The molecule has 3 aromatic rings. The SMILES string of the molecule is CCOc1nc(N(C)[C@@H]2CNC[C@H]2O)ncc1C(=O)Nc1cc(F)c2nc(C)cn2c1. The highest BCUT2D eigenvalue weighted by Crippen LogP contribution is 2.23. The van der Waals surface area contributed by atoms with Crippen molar-refractivity contribution in [1.82, 2.24) is 24.7 Å². The number of halogens is 1. The van der Waals surface area contributed by atoms with Gasteiger partial charge in [-0.3, -0.25) is 4.79 Å². The number of carbonyl (C=O) groups excluding carboxylic acids is 1. The first kappa shape index (κ1) is 20.9. The van der Waals surface area contributed by atoms with Gasteiger partial charge in [0.25, 0.3) is 5.91 Å². The van der Waals surface area contributed by atoms with E-state index in [1.54, 1.807) is 38.2 Å². The van der Waals surface area contributed by atoms with Crippen molar-refractivity contribution < 1.29 is 19.0 Å². The third-order valence-electron chi connectivity index (χ3n) is 5.12. The van der Waals surface area contributed by atoms with Crippen molar-refractivity contribution in [3.05, 3.63) is 41.7 Å². The molecular formula is C20H24FN7O3. The Hall–Kier alpha value is -3.31. The fourth-order valence-electron chi connectivity index (χ4n) is 3.57. The fourth-order valence-corrected chi connectivity index (χ4v) is 3.57. The molecule has 0 bridgehead atoms. The lowest BCUT2D eigenvalue weighted by molar-refractivity contribution is 0.102. The number of β-amino-alcohol motifs (C(OH)–C–C–N with tert-alkyl or cyclic N) is 1. The van der Waals surface area contributed by atoms with Crippen LogP contribution in [0, 0.1) is 12.7 Å². The molecule has 3 aromatic heterocycles. The number of aromatic nitrogens is 4. The number of imidazole rings is 1. The van der Waals surface area contributed by atoms with Crippen LogP contribution in [-0.4, -0.2) is 69.3 Å². The van der Waals surface area contributed by atoms with E-state index in [1.807, 2.05) is 0 Å². The predicted octanol–water partition coefficient (Wildman–Crippen LogP) is 0.992. The normalized spacial score (nSPS) is 18.4. The van der Waals surface area contributed by atoms with Crippen LogP contribution in [0.3, 0.4) is 0 Å². The van der Waals surface area contributed by atoms with Gasteiger partial charge in [0.05, 0.1) is 30.1 Å². The molecular weight excluding hydrogens is 405 g/mol. The molecule has 11 heteroatoms. The third kappa shape index (κ3) is 4.14. The largest absolute Gasteiger partial charge is 0.477 e. The third-order valence-corrected chi connectivity index (χ3v) is 5.12. The number of carbonyl (C=O) groups is 1. The Morgan fingerprint density at radius 2 is 2.23 bits per heavy atom. The number of anilines is 2. The molecule has 0 saturated carbocycles. The topological polar surface area (TPSA) is 117 Å². The van der Waals surface area contributed by atoms with Crippen molar-refractivity contribution in [3.8, 4) is 5.88 Å². The summed E-state index contributed by atoms with van der Waals surface area (Å²) in [4.78, 5) is 27.4. The molecule has 4 rings (SSSR count). The van der Waals surface area contributed by atoms with Crippen LogP contribution < -0.4 is 20.3 Å². The van der Waals surface area contributed by atoms with E-state index in [1.165, 1.54) is 16.7 Å². The summed E-state index contributed by atoms with van der Waals surface area (Å²) in [6, 6.07) is 1.01. The number of fused-ring (bicyclic) bond motifs is 1. The Labute approximate surface area is 178 Å². The predicted molar refractivity (Wildman–Crippen MR) is 112 cm³/mol. The number of hydrogen-bond donors (Lipinski definition) is 3. The van der Waals surface area contributed by atoms with Crippen molar-refractivity contribution in [2.24, 2.45) is 0 Å². The lowest BCUT2D eigenvalue weighted by Crippen LogP contribution is -2.41. The molecule has 1 aliphatic heterocycles. The van der Waals surface area contributed by atoms with Gasteiger partial charge in [-0.25, -0.2) is 14.4 Å². The van der Waals surface area contributed by atoms with Crippen LogP contribution in [-0.2, 0) is 0 Å². The molecule has 0 spiro atoms. The minimum atomic E-state index is -0.552. The van der Waals surface area contributed by atoms with E-state index in [4.69, 9.17) is 4.74 Å². The number of likely N-dealkylation sites (N-methyl/N-ethyl adjacent to an activating group) is 1. The maximum absolute atomic E-state index is 14.3. The Morgan fingerprint density at radius 3 is 2.94 bits per heavy atom. The highest BCUT2D eigenvalue weighted by molar-refractivity contribution is 6.05. The second kappa shape index (κ2) is 8.44. The summed E-state index contributed by atoms with van der Waals surface area (Å²) in [5.74, 6) is -0.643. The van der Waals surface area contributed by atoms with Crippen LogP contribution in [0.4, 0.5) is 16.0 Å². The lowest BCUT2D eigenvalue weighted by atomic mass is 10.2. The Kier molecular flexibility index (Phi) is 5.70. The van der Waals surface area contributed by atoms with E-state index in [0.717, 1.165) is 0 Å². The van der Waals surface area contributed by atoms with Gasteiger partial charge < -0.3 is 29.8 Å². The van der Waals surface area contributed by atoms with Gasteiger partial charge in [-0.15, -0.1) is 0 Å². The number of hydrogen-bond acceptors (Lipinski definition) is 8.